The fourth-order valence-electron chi connectivity index (χ4n) is 6.24. The van der Waals surface area contributed by atoms with Crippen LogP contribution in [-0.2, 0) is 4.74 Å². The van der Waals surface area contributed by atoms with Crippen molar-refractivity contribution in [2.75, 3.05) is 65.4 Å². The van der Waals surface area contributed by atoms with Crippen molar-refractivity contribution in [1.82, 2.24) is 19.6 Å². The van der Waals surface area contributed by atoms with Crippen LogP contribution >= 0.6 is 0 Å². The van der Waals surface area contributed by atoms with Crippen molar-refractivity contribution in [1.29, 1.82) is 0 Å². The summed E-state index contributed by atoms with van der Waals surface area (Å²) in [6.07, 6.45) is 6.91. The number of piperazine rings is 1. The van der Waals surface area contributed by atoms with Crippen molar-refractivity contribution in [3.8, 4) is 0 Å². The second kappa shape index (κ2) is 11.2. The third-order valence-electron chi connectivity index (χ3n) is 8.76. The van der Waals surface area contributed by atoms with Crippen molar-refractivity contribution in [2.24, 2.45) is 5.92 Å². The summed E-state index contributed by atoms with van der Waals surface area (Å²) in [5, 5.41) is 0. The van der Waals surface area contributed by atoms with Gasteiger partial charge in [0.25, 0.3) is 0 Å². The quantitative estimate of drug-likeness (QED) is 0.497. The molecule has 0 radical (unpaired) electrons. The highest BCUT2D eigenvalue weighted by Crippen LogP contribution is 2.32. The van der Waals surface area contributed by atoms with E-state index in [0.29, 0.717) is 17.2 Å². The number of nitrogens with zero attached hydrogens (tertiary/aromatic N) is 4. The van der Waals surface area contributed by atoms with Crippen LogP contribution in [0.1, 0.15) is 87.5 Å². The molecule has 0 saturated carbocycles. The van der Waals surface area contributed by atoms with Crippen LogP contribution in [0.25, 0.3) is 0 Å². The molecule has 0 aliphatic carbocycles. The van der Waals surface area contributed by atoms with Crippen LogP contribution in [0, 0.1) is 5.92 Å². The number of hydrogen-bond donors (Lipinski definition) is 0. The number of likely N-dealkylation sites (N-methyl/N-ethyl adjacent to an activating group) is 1. The average molecular weight is 465 g/mol. The molecule has 1 atom stereocenters. The minimum absolute atomic E-state index is 0.0178. The Morgan fingerprint density at radius 3 is 1.73 bits per heavy atom. The molecule has 0 N–H and O–H groups in total. The highest BCUT2D eigenvalue weighted by atomic mass is 16.5. The largest absolute Gasteiger partial charge is 0.371 e. The zero-order valence-corrected chi connectivity index (χ0v) is 23.5. The Balaban J connectivity index is 1.39. The highest BCUT2D eigenvalue weighted by Gasteiger charge is 2.36. The molecule has 0 bridgehead atoms. The molecule has 3 fully saturated rings. The molecular weight excluding hydrogens is 408 g/mol. The van der Waals surface area contributed by atoms with Gasteiger partial charge in [-0.3, -0.25) is 9.80 Å². The predicted molar refractivity (Wildman–Crippen MR) is 141 cm³/mol. The highest BCUT2D eigenvalue weighted by molar-refractivity contribution is 4.92. The second-order valence-electron chi connectivity index (χ2n) is 13.4. The number of hydrogen-bond acceptors (Lipinski definition) is 5. The van der Waals surface area contributed by atoms with Gasteiger partial charge < -0.3 is 14.5 Å². The van der Waals surface area contributed by atoms with Gasteiger partial charge in [0, 0.05) is 56.9 Å². The molecule has 5 nitrogen and oxygen atoms in total. The van der Waals surface area contributed by atoms with Gasteiger partial charge in [0.1, 0.15) is 0 Å². The maximum absolute atomic E-state index is 6.23. The van der Waals surface area contributed by atoms with E-state index < -0.39 is 0 Å². The van der Waals surface area contributed by atoms with Crippen LogP contribution in [0.4, 0.5) is 0 Å². The van der Waals surface area contributed by atoms with E-state index in [1.165, 1.54) is 91.0 Å². The molecule has 0 aromatic heterocycles. The van der Waals surface area contributed by atoms with Crippen molar-refractivity contribution in [3.63, 3.8) is 0 Å². The van der Waals surface area contributed by atoms with Crippen molar-refractivity contribution < 1.29 is 4.74 Å². The van der Waals surface area contributed by atoms with Crippen LogP contribution in [0.3, 0.4) is 0 Å². The van der Waals surface area contributed by atoms with E-state index in [0.717, 1.165) is 12.5 Å². The lowest BCUT2D eigenvalue weighted by molar-refractivity contribution is -0.0545. The SMILES string of the molecule is CCN1CCN(C(C)(C)CCC(C)(C)N2CCC(CN3CCC(OC(C)(C)C)C3)CC2)CC1. The van der Waals surface area contributed by atoms with E-state index in [9.17, 15) is 0 Å². The van der Waals surface area contributed by atoms with Crippen LogP contribution in [0.15, 0.2) is 0 Å². The molecule has 0 spiro atoms. The lowest BCUT2D eigenvalue weighted by Gasteiger charge is -2.48. The van der Waals surface area contributed by atoms with Gasteiger partial charge in [0.05, 0.1) is 11.7 Å². The van der Waals surface area contributed by atoms with E-state index in [1.807, 2.05) is 0 Å². The Kier molecular flexibility index (Phi) is 9.33. The van der Waals surface area contributed by atoms with E-state index in [-0.39, 0.29) is 5.60 Å². The second-order valence-corrected chi connectivity index (χ2v) is 13.4. The van der Waals surface area contributed by atoms with Crippen LogP contribution < -0.4 is 0 Å². The van der Waals surface area contributed by atoms with Crippen LogP contribution in [0.2, 0.25) is 0 Å². The zero-order valence-electron chi connectivity index (χ0n) is 23.5. The summed E-state index contributed by atoms with van der Waals surface area (Å²) in [5.41, 5.74) is 0.583. The Hall–Kier alpha value is -0.200. The number of likely N-dealkylation sites (tertiary alicyclic amines) is 2. The Morgan fingerprint density at radius 1 is 0.667 bits per heavy atom. The van der Waals surface area contributed by atoms with E-state index in [2.05, 4.69) is 75.0 Å². The molecule has 0 amide bonds. The first kappa shape index (κ1) is 27.4. The summed E-state index contributed by atoms with van der Waals surface area (Å²) in [5.74, 6) is 0.858. The molecule has 0 aromatic rings. The summed E-state index contributed by atoms with van der Waals surface area (Å²) in [6.45, 7) is 31.0. The van der Waals surface area contributed by atoms with Gasteiger partial charge in [-0.1, -0.05) is 6.92 Å². The molecule has 3 aliphatic heterocycles. The lowest BCUT2D eigenvalue weighted by Crippen LogP contribution is -2.55. The molecule has 3 rings (SSSR count). The molecule has 5 heteroatoms. The molecule has 3 heterocycles. The van der Waals surface area contributed by atoms with Crippen molar-refractivity contribution in [3.05, 3.63) is 0 Å². The third-order valence-corrected chi connectivity index (χ3v) is 8.76. The van der Waals surface area contributed by atoms with E-state index in [1.54, 1.807) is 0 Å². The average Bonchev–Trinajstić information content (AvgIpc) is 3.18. The molecule has 33 heavy (non-hydrogen) atoms. The lowest BCUT2D eigenvalue weighted by atomic mass is 9.84. The number of piperidine rings is 1. The van der Waals surface area contributed by atoms with Gasteiger partial charge in [0.15, 0.2) is 0 Å². The van der Waals surface area contributed by atoms with Gasteiger partial charge in [-0.05, 0) is 106 Å². The summed E-state index contributed by atoms with van der Waals surface area (Å²) in [4.78, 5) is 10.8. The molecule has 194 valence electrons. The van der Waals surface area contributed by atoms with E-state index >= 15 is 0 Å². The standard InChI is InChI=1S/C28H56N4O/c1-9-29-18-20-32(21-19-29)28(7,8)14-13-27(5,6)31-16-10-24(11-17-31)22-30-15-12-25(23-30)33-26(2,3)4/h24-25H,9-23H2,1-8H3. The Labute approximate surface area is 206 Å². The molecule has 0 aromatic carbocycles. The fraction of sp³-hybridized carbons (Fsp3) is 1.00. The van der Waals surface area contributed by atoms with Crippen LogP contribution in [0.5, 0.6) is 0 Å². The first-order chi connectivity index (χ1) is 15.4. The number of rotatable bonds is 9. The Bertz CT molecular complexity index is 583. The molecule has 3 saturated heterocycles. The molecule has 3 aliphatic rings. The fourth-order valence-corrected chi connectivity index (χ4v) is 6.24. The van der Waals surface area contributed by atoms with Gasteiger partial charge in [0.2, 0.25) is 0 Å². The third kappa shape index (κ3) is 8.17. The minimum atomic E-state index is -0.0178. The van der Waals surface area contributed by atoms with Gasteiger partial charge in [-0.2, -0.15) is 0 Å². The summed E-state index contributed by atoms with van der Waals surface area (Å²) >= 11 is 0. The number of ether oxygens (including phenoxy) is 1. The summed E-state index contributed by atoms with van der Waals surface area (Å²) in [6, 6.07) is 0. The first-order valence-corrected chi connectivity index (χ1v) is 14.0. The van der Waals surface area contributed by atoms with Crippen LogP contribution in [-0.4, -0.2) is 108 Å². The first-order valence-electron chi connectivity index (χ1n) is 14.0. The molecular formula is C28H56N4O. The topological polar surface area (TPSA) is 22.2 Å². The van der Waals surface area contributed by atoms with Crippen molar-refractivity contribution >= 4 is 0 Å². The van der Waals surface area contributed by atoms with E-state index in [4.69, 9.17) is 4.74 Å². The van der Waals surface area contributed by atoms with Gasteiger partial charge >= 0.3 is 0 Å². The minimum Gasteiger partial charge on any atom is -0.371 e. The van der Waals surface area contributed by atoms with Gasteiger partial charge in [-0.25, -0.2) is 0 Å². The zero-order chi connectivity index (χ0) is 24.3. The van der Waals surface area contributed by atoms with Crippen molar-refractivity contribution in [2.45, 2.75) is 110 Å². The smallest absolute Gasteiger partial charge is 0.0721 e. The normalized spacial score (nSPS) is 26.4. The Morgan fingerprint density at radius 2 is 1.21 bits per heavy atom. The summed E-state index contributed by atoms with van der Waals surface area (Å²) < 4.78 is 6.23. The maximum atomic E-state index is 6.23. The van der Waals surface area contributed by atoms with Gasteiger partial charge in [-0.15, -0.1) is 0 Å². The predicted octanol–water partition coefficient (Wildman–Crippen LogP) is 4.56. The summed E-state index contributed by atoms with van der Waals surface area (Å²) in [7, 11) is 0. The maximum Gasteiger partial charge on any atom is 0.0721 e. The molecule has 1 unspecified atom stereocenters. The monoisotopic (exact) mass is 464 g/mol.